The van der Waals surface area contributed by atoms with E-state index < -0.39 is 0 Å². The Kier molecular flexibility index (Phi) is 3.72. The first kappa shape index (κ1) is 13.9. The molecule has 20 heavy (non-hydrogen) atoms. The third-order valence-corrected chi connectivity index (χ3v) is 5.00. The molecule has 0 amide bonds. The molecular formula is C19H27N. The van der Waals surface area contributed by atoms with Crippen molar-refractivity contribution in [3.63, 3.8) is 0 Å². The van der Waals surface area contributed by atoms with Crippen LogP contribution in [0.5, 0.6) is 0 Å². The first-order valence-electron chi connectivity index (χ1n) is 8.00. The molecule has 1 aromatic rings. The molecule has 2 aliphatic carbocycles. The van der Waals surface area contributed by atoms with Crippen molar-refractivity contribution in [2.24, 2.45) is 23.2 Å². The van der Waals surface area contributed by atoms with Crippen LogP contribution in [0.1, 0.15) is 45.2 Å². The van der Waals surface area contributed by atoms with Crippen LogP contribution in [0.2, 0.25) is 0 Å². The molecule has 1 N–H and O–H groups in total. The highest BCUT2D eigenvalue weighted by molar-refractivity contribution is 5.21. The topological polar surface area (TPSA) is 12.0 Å². The van der Waals surface area contributed by atoms with Gasteiger partial charge in [-0.3, -0.25) is 0 Å². The van der Waals surface area contributed by atoms with E-state index in [1.807, 2.05) is 0 Å². The van der Waals surface area contributed by atoms with E-state index in [1.165, 1.54) is 18.4 Å². The lowest BCUT2D eigenvalue weighted by Crippen LogP contribution is -2.36. The summed E-state index contributed by atoms with van der Waals surface area (Å²) in [6.07, 6.45) is 7.67. The average Bonchev–Trinajstić information content (AvgIpc) is 3.01. The Morgan fingerprint density at radius 2 is 1.85 bits per heavy atom. The second-order valence-electron chi connectivity index (χ2n) is 7.66. The fourth-order valence-corrected chi connectivity index (χ4v) is 3.97. The van der Waals surface area contributed by atoms with Crippen LogP contribution in [-0.4, -0.2) is 6.54 Å². The molecule has 0 radical (unpaired) electrons. The van der Waals surface area contributed by atoms with Gasteiger partial charge in [0.1, 0.15) is 0 Å². The van der Waals surface area contributed by atoms with Gasteiger partial charge in [0.25, 0.3) is 0 Å². The lowest BCUT2D eigenvalue weighted by molar-refractivity contribution is 0.252. The van der Waals surface area contributed by atoms with E-state index in [0.717, 1.165) is 24.3 Å². The Labute approximate surface area is 123 Å². The zero-order chi connectivity index (χ0) is 14.2. The molecule has 4 atom stereocenters. The molecule has 1 aromatic carbocycles. The van der Waals surface area contributed by atoms with E-state index in [9.17, 15) is 0 Å². The quantitative estimate of drug-likeness (QED) is 0.789. The number of hydrogen-bond donors (Lipinski definition) is 1. The highest BCUT2D eigenvalue weighted by Gasteiger charge is 2.36. The van der Waals surface area contributed by atoms with E-state index in [2.05, 4.69) is 68.6 Å². The predicted molar refractivity (Wildman–Crippen MR) is 85.5 cm³/mol. The normalized spacial score (nSPS) is 29.9. The van der Waals surface area contributed by atoms with Gasteiger partial charge in [-0.25, -0.2) is 0 Å². The van der Waals surface area contributed by atoms with Crippen molar-refractivity contribution in [1.29, 1.82) is 0 Å². The van der Waals surface area contributed by atoms with E-state index in [1.54, 1.807) is 0 Å². The second-order valence-corrected chi connectivity index (χ2v) is 7.66. The van der Waals surface area contributed by atoms with Gasteiger partial charge in [0, 0.05) is 6.04 Å². The van der Waals surface area contributed by atoms with Crippen LogP contribution in [0.4, 0.5) is 0 Å². The zero-order valence-electron chi connectivity index (χ0n) is 13.0. The van der Waals surface area contributed by atoms with Crippen LogP contribution < -0.4 is 5.32 Å². The van der Waals surface area contributed by atoms with Crippen molar-refractivity contribution in [1.82, 2.24) is 5.32 Å². The number of fused-ring (bicyclic) bond motifs is 2. The maximum atomic E-state index is 3.87. The highest BCUT2D eigenvalue weighted by atomic mass is 14.9. The van der Waals surface area contributed by atoms with Gasteiger partial charge in [-0.2, -0.15) is 0 Å². The monoisotopic (exact) mass is 269 g/mol. The molecule has 1 nitrogen and oxygen atoms in total. The summed E-state index contributed by atoms with van der Waals surface area (Å²) in [4.78, 5) is 0. The molecule has 0 heterocycles. The Balaban J connectivity index is 1.67. The largest absolute Gasteiger partial charge is 0.309 e. The number of hydrogen-bond acceptors (Lipinski definition) is 1. The maximum Gasteiger partial charge on any atom is 0.0369 e. The molecule has 0 aliphatic heterocycles. The van der Waals surface area contributed by atoms with E-state index in [4.69, 9.17) is 0 Å². The van der Waals surface area contributed by atoms with Gasteiger partial charge in [0.2, 0.25) is 0 Å². The number of allylic oxidation sites excluding steroid dienone is 2. The highest BCUT2D eigenvalue weighted by Crippen LogP contribution is 2.43. The number of rotatable bonds is 4. The van der Waals surface area contributed by atoms with Gasteiger partial charge < -0.3 is 5.32 Å². The Morgan fingerprint density at radius 1 is 1.10 bits per heavy atom. The molecular weight excluding hydrogens is 242 g/mol. The van der Waals surface area contributed by atoms with Gasteiger partial charge in [0.05, 0.1) is 0 Å². The molecule has 0 aromatic heterocycles. The van der Waals surface area contributed by atoms with Crippen LogP contribution >= 0.6 is 0 Å². The van der Waals surface area contributed by atoms with Crippen LogP contribution in [0, 0.1) is 23.2 Å². The molecule has 3 rings (SSSR count). The molecule has 1 heteroatoms. The van der Waals surface area contributed by atoms with Crippen LogP contribution in [0.15, 0.2) is 42.5 Å². The maximum absolute atomic E-state index is 3.87. The van der Waals surface area contributed by atoms with Crippen molar-refractivity contribution in [2.45, 2.75) is 39.7 Å². The predicted octanol–water partition coefficient (Wildman–Crippen LogP) is 4.58. The summed E-state index contributed by atoms with van der Waals surface area (Å²) in [7, 11) is 0. The summed E-state index contributed by atoms with van der Waals surface area (Å²) in [5.41, 5.74) is 1.66. The van der Waals surface area contributed by atoms with Crippen molar-refractivity contribution in [2.75, 3.05) is 6.54 Å². The lowest BCUT2D eigenvalue weighted by atomic mass is 9.81. The van der Waals surface area contributed by atoms with Gasteiger partial charge >= 0.3 is 0 Å². The first-order chi connectivity index (χ1) is 9.54. The summed E-state index contributed by atoms with van der Waals surface area (Å²) in [5, 5.41) is 3.87. The fourth-order valence-electron chi connectivity index (χ4n) is 3.97. The Hall–Kier alpha value is -1.08. The van der Waals surface area contributed by atoms with E-state index >= 15 is 0 Å². The van der Waals surface area contributed by atoms with Crippen LogP contribution in [0.25, 0.3) is 0 Å². The average molecular weight is 269 g/mol. The smallest absolute Gasteiger partial charge is 0.0369 e. The van der Waals surface area contributed by atoms with Gasteiger partial charge in [-0.05, 0) is 48.1 Å². The third-order valence-electron chi connectivity index (χ3n) is 5.00. The lowest BCUT2D eigenvalue weighted by Gasteiger charge is -2.34. The SMILES string of the molecule is CC(C)(C)C(NCC1CC2C=CC1C2)c1ccccc1. The minimum Gasteiger partial charge on any atom is -0.309 e. The first-order valence-corrected chi connectivity index (χ1v) is 8.00. The van der Waals surface area contributed by atoms with Crippen LogP contribution in [0.3, 0.4) is 0 Å². The van der Waals surface area contributed by atoms with Crippen LogP contribution in [-0.2, 0) is 0 Å². The molecule has 108 valence electrons. The van der Waals surface area contributed by atoms with Crippen molar-refractivity contribution in [3.05, 3.63) is 48.0 Å². The number of benzene rings is 1. The third kappa shape index (κ3) is 2.83. The molecule has 2 bridgehead atoms. The van der Waals surface area contributed by atoms with Gasteiger partial charge in [0.15, 0.2) is 0 Å². The Morgan fingerprint density at radius 3 is 2.40 bits per heavy atom. The van der Waals surface area contributed by atoms with Gasteiger partial charge in [-0.1, -0.05) is 63.3 Å². The summed E-state index contributed by atoms with van der Waals surface area (Å²) >= 11 is 0. The minimum absolute atomic E-state index is 0.245. The second kappa shape index (κ2) is 5.37. The summed E-state index contributed by atoms with van der Waals surface area (Å²) in [6.45, 7) is 8.15. The molecule has 1 saturated carbocycles. The molecule has 0 spiro atoms. The minimum atomic E-state index is 0.245. The van der Waals surface area contributed by atoms with Crippen molar-refractivity contribution in [3.8, 4) is 0 Å². The van der Waals surface area contributed by atoms with E-state index in [-0.39, 0.29) is 5.41 Å². The molecule has 2 aliphatic rings. The fraction of sp³-hybridized carbons (Fsp3) is 0.579. The molecule has 1 fully saturated rings. The Bertz CT molecular complexity index is 468. The number of nitrogens with one attached hydrogen (secondary N) is 1. The van der Waals surface area contributed by atoms with Crippen molar-refractivity contribution >= 4 is 0 Å². The summed E-state index contributed by atoms with van der Waals surface area (Å²) < 4.78 is 0. The van der Waals surface area contributed by atoms with Gasteiger partial charge in [-0.15, -0.1) is 0 Å². The van der Waals surface area contributed by atoms with Crippen molar-refractivity contribution < 1.29 is 0 Å². The zero-order valence-corrected chi connectivity index (χ0v) is 13.0. The van der Waals surface area contributed by atoms with E-state index in [0.29, 0.717) is 6.04 Å². The standard InChI is InChI=1S/C19H27N/c1-19(2,3)18(15-7-5-4-6-8-15)20-13-17-12-14-9-10-16(17)11-14/h4-10,14,16-18,20H,11-13H2,1-3H3. The molecule has 4 unspecified atom stereocenters. The summed E-state index contributed by atoms with van der Waals surface area (Å²) in [6, 6.07) is 11.3. The molecule has 0 saturated heterocycles. The summed E-state index contributed by atoms with van der Waals surface area (Å²) in [5.74, 6) is 2.55.